The quantitative estimate of drug-likeness (QED) is 0.236. The largest absolute Gasteiger partial charge is 0.467 e. The minimum atomic E-state index is -4.67. The number of hydrogen-bond donors (Lipinski definition) is 0. The third-order valence-corrected chi connectivity index (χ3v) is 5.38. The van der Waals surface area contributed by atoms with E-state index in [1.165, 1.54) is 0 Å². The van der Waals surface area contributed by atoms with E-state index in [1.807, 2.05) is 0 Å². The van der Waals surface area contributed by atoms with E-state index < -0.39 is 48.0 Å². The highest BCUT2D eigenvalue weighted by Gasteiger charge is 2.32. The van der Waals surface area contributed by atoms with Gasteiger partial charge in [-0.15, -0.1) is 0 Å². The van der Waals surface area contributed by atoms with Gasteiger partial charge in [-0.3, -0.25) is 14.7 Å². The number of carbonyl (C=O) groups excluding carboxylic acids is 1. The summed E-state index contributed by atoms with van der Waals surface area (Å²) in [5.74, 6) is -1.31. The molecular formula is C17H15ClF3N2O7P. The Morgan fingerprint density at radius 2 is 2.00 bits per heavy atom. The fourth-order valence-corrected chi connectivity index (χ4v) is 3.55. The number of alkyl halides is 3. The van der Waals surface area contributed by atoms with Gasteiger partial charge < -0.3 is 14.0 Å². The normalized spacial score (nSPS) is 12.3. The van der Waals surface area contributed by atoms with Crippen molar-refractivity contribution < 1.29 is 41.5 Å². The average Bonchev–Trinajstić information content (AvgIpc) is 2.71. The van der Waals surface area contributed by atoms with E-state index in [0.717, 1.165) is 19.2 Å². The SMILES string of the molecule is CCc1cc([N+](=O)[O-])c([PH](=O)OCC(=O)OC)cc1Oc1ncc(C(F)(F)F)cc1Cl. The molecular weight excluding hydrogens is 468 g/mol. The zero-order valence-electron chi connectivity index (χ0n) is 16.0. The van der Waals surface area contributed by atoms with E-state index in [9.17, 15) is 32.6 Å². The molecule has 2 rings (SSSR count). The molecule has 2 aromatic rings. The van der Waals surface area contributed by atoms with Gasteiger partial charge in [0, 0.05) is 23.9 Å². The van der Waals surface area contributed by atoms with Gasteiger partial charge in [0.1, 0.15) is 16.1 Å². The number of carbonyl (C=O) groups is 1. The highest BCUT2D eigenvalue weighted by molar-refractivity contribution is 7.48. The lowest BCUT2D eigenvalue weighted by molar-refractivity contribution is -0.383. The van der Waals surface area contributed by atoms with Crippen molar-refractivity contribution in [3.63, 3.8) is 0 Å². The topological polar surface area (TPSA) is 118 Å². The molecule has 1 atom stereocenters. The Bertz CT molecular complexity index is 1030. The van der Waals surface area contributed by atoms with Crippen LogP contribution in [0.4, 0.5) is 18.9 Å². The standard InChI is InChI=1S/C17H15ClF3N2O7P/c1-3-9-4-12(23(25)26)14(31(27)29-8-15(24)28-2)6-13(9)30-16-11(18)5-10(7-22-16)17(19,20)21/h4-7,31H,3,8H2,1-2H3. The van der Waals surface area contributed by atoms with E-state index in [2.05, 4.69) is 9.72 Å². The number of benzene rings is 1. The van der Waals surface area contributed by atoms with Crippen LogP contribution in [0.15, 0.2) is 24.4 Å². The van der Waals surface area contributed by atoms with Crippen LogP contribution in [0.1, 0.15) is 18.1 Å². The molecule has 0 saturated heterocycles. The average molecular weight is 483 g/mol. The van der Waals surface area contributed by atoms with Crippen LogP contribution in [-0.4, -0.2) is 29.6 Å². The Morgan fingerprint density at radius 3 is 2.52 bits per heavy atom. The van der Waals surface area contributed by atoms with Crippen LogP contribution < -0.4 is 10.0 Å². The summed E-state index contributed by atoms with van der Waals surface area (Å²) < 4.78 is 65.5. The first-order chi connectivity index (χ1) is 14.5. The van der Waals surface area contributed by atoms with Crippen LogP contribution in [-0.2, 0) is 31.2 Å². The molecule has 0 fully saturated rings. The first-order valence-electron chi connectivity index (χ1n) is 8.43. The molecule has 1 aromatic carbocycles. The zero-order valence-corrected chi connectivity index (χ0v) is 17.7. The number of nitrogens with zero attached hydrogens (tertiary/aromatic N) is 2. The number of rotatable bonds is 8. The van der Waals surface area contributed by atoms with E-state index >= 15 is 0 Å². The van der Waals surface area contributed by atoms with Crippen molar-refractivity contribution in [2.24, 2.45) is 0 Å². The number of methoxy groups -OCH3 is 1. The number of pyridine rings is 1. The van der Waals surface area contributed by atoms with E-state index in [4.69, 9.17) is 20.9 Å². The van der Waals surface area contributed by atoms with Crippen molar-refractivity contribution in [1.82, 2.24) is 4.98 Å². The summed E-state index contributed by atoms with van der Waals surface area (Å²) in [5.41, 5.74) is -1.35. The molecule has 0 saturated carbocycles. The molecule has 168 valence electrons. The highest BCUT2D eigenvalue weighted by Crippen LogP contribution is 2.38. The number of esters is 1. The van der Waals surface area contributed by atoms with E-state index in [0.29, 0.717) is 12.3 Å². The molecule has 0 spiro atoms. The first kappa shape index (κ1) is 24.6. The molecule has 1 unspecified atom stereocenters. The first-order valence-corrected chi connectivity index (χ1v) is 10.1. The molecule has 9 nitrogen and oxygen atoms in total. The van der Waals surface area contributed by atoms with Crippen molar-refractivity contribution in [2.75, 3.05) is 13.7 Å². The predicted octanol–water partition coefficient (Wildman–Crippen LogP) is 4.31. The van der Waals surface area contributed by atoms with Crippen LogP contribution in [0, 0.1) is 10.1 Å². The summed E-state index contributed by atoms with van der Waals surface area (Å²) in [7, 11) is -2.22. The molecule has 1 aromatic heterocycles. The molecule has 0 radical (unpaired) electrons. The van der Waals surface area contributed by atoms with E-state index in [-0.39, 0.29) is 28.9 Å². The van der Waals surface area contributed by atoms with Crippen molar-refractivity contribution in [1.29, 1.82) is 0 Å². The van der Waals surface area contributed by atoms with Crippen LogP contribution >= 0.6 is 19.6 Å². The maximum absolute atomic E-state index is 12.8. The maximum Gasteiger partial charge on any atom is 0.417 e. The van der Waals surface area contributed by atoms with Gasteiger partial charge in [-0.25, -0.2) is 9.78 Å². The number of ether oxygens (including phenoxy) is 2. The zero-order chi connectivity index (χ0) is 23.3. The van der Waals surface area contributed by atoms with Gasteiger partial charge in [0.05, 0.1) is 17.6 Å². The molecule has 31 heavy (non-hydrogen) atoms. The third-order valence-electron chi connectivity index (χ3n) is 3.87. The highest BCUT2D eigenvalue weighted by atomic mass is 35.5. The Kier molecular flexibility index (Phi) is 7.99. The van der Waals surface area contributed by atoms with E-state index in [1.54, 1.807) is 6.92 Å². The molecule has 14 heteroatoms. The van der Waals surface area contributed by atoms with Gasteiger partial charge in [-0.1, -0.05) is 18.5 Å². The summed E-state index contributed by atoms with van der Waals surface area (Å²) in [6.45, 7) is 0.938. The lowest BCUT2D eigenvalue weighted by atomic mass is 10.1. The minimum absolute atomic E-state index is 0.0720. The van der Waals surface area contributed by atoms with Gasteiger partial charge in [0.25, 0.3) is 5.69 Å². The Labute approximate surface area is 179 Å². The van der Waals surface area contributed by atoms with Crippen molar-refractivity contribution in [3.8, 4) is 11.6 Å². The predicted molar refractivity (Wildman–Crippen MR) is 103 cm³/mol. The Morgan fingerprint density at radius 1 is 1.32 bits per heavy atom. The van der Waals surface area contributed by atoms with Crippen molar-refractivity contribution >= 4 is 36.6 Å². The Balaban J connectivity index is 2.46. The van der Waals surface area contributed by atoms with Crippen LogP contribution in [0.2, 0.25) is 5.02 Å². The summed E-state index contributed by atoms with van der Waals surface area (Å²) in [6.07, 6.45) is -3.93. The van der Waals surface area contributed by atoms with Crippen molar-refractivity contribution in [3.05, 3.63) is 50.7 Å². The molecule has 0 aliphatic carbocycles. The number of aryl methyl sites for hydroxylation is 1. The smallest absolute Gasteiger partial charge is 0.417 e. The fraction of sp³-hybridized carbons (Fsp3) is 0.294. The second kappa shape index (κ2) is 10.1. The summed E-state index contributed by atoms with van der Waals surface area (Å²) >= 11 is 5.84. The van der Waals surface area contributed by atoms with Crippen LogP contribution in [0.3, 0.4) is 0 Å². The molecule has 0 aliphatic rings. The molecule has 0 N–H and O–H groups in total. The lowest BCUT2D eigenvalue weighted by Gasteiger charge is -2.14. The van der Waals surface area contributed by atoms with Gasteiger partial charge in [0.2, 0.25) is 13.9 Å². The number of nitro groups is 1. The fourth-order valence-electron chi connectivity index (χ4n) is 2.32. The van der Waals surface area contributed by atoms with Gasteiger partial charge in [0.15, 0.2) is 6.61 Å². The Hall–Kier alpha value is -2.69. The van der Waals surface area contributed by atoms with Gasteiger partial charge in [-0.2, -0.15) is 13.2 Å². The van der Waals surface area contributed by atoms with Crippen LogP contribution in [0.25, 0.3) is 0 Å². The summed E-state index contributed by atoms with van der Waals surface area (Å²) in [5, 5.41) is 10.6. The second-order valence-corrected chi connectivity index (χ2v) is 7.66. The molecule has 0 bridgehead atoms. The van der Waals surface area contributed by atoms with Gasteiger partial charge in [-0.05, 0) is 12.5 Å². The number of hydrogen-bond acceptors (Lipinski definition) is 8. The monoisotopic (exact) mass is 482 g/mol. The molecule has 0 amide bonds. The summed E-state index contributed by atoms with van der Waals surface area (Å²) in [6, 6.07) is 2.75. The number of aromatic nitrogens is 1. The lowest BCUT2D eigenvalue weighted by Crippen LogP contribution is -2.12. The number of nitro benzene ring substituents is 1. The number of halogens is 4. The molecule has 0 aliphatic heterocycles. The summed E-state index contributed by atoms with van der Waals surface area (Å²) in [4.78, 5) is 25.3. The molecule has 1 heterocycles. The van der Waals surface area contributed by atoms with Gasteiger partial charge >= 0.3 is 12.1 Å². The van der Waals surface area contributed by atoms with Crippen LogP contribution in [0.5, 0.6) is 11.6 Å². The maximum atomic E-state index is 12.8. The van der Waals surface area contributed by atoms with Crippen molar-refractivity contribution in [2.45, 2.75) is 19.5 Å². The second-order valence-electron chi connectivity index (χ2n) is 5.85. The third kappa shape index (κ3) is 6.16. The minimum Gasteiger partial charge on any atom is -0.467 e.